The Hall–Kier alpha value is -2.96. The average molecular weight is 331 g/mol. The molecule has 0 heterocycles. The van der Waals surface area contributed by atoms with E-state index in [1.807, 2.05) is 32.0 Å². The summed E-state index contributed by atoms with van der Waals surface area (Å²) in [5.74, 6) is -1.39. The zero-order valence-electron chi connectivity index (χ0n) is 13.9. The standard InChI is InChI=1S/C17H18FN3O3/c1-10-7-13(5-6-15(10)20(3)4)19-17(22)12-8-14(18)11(2)16(9-12)21(23)24/h5-9H,1-4H3,(H,19,22). The number of nitro groups is 1. The summed E-state index contributed by atoms with van der Waals surface area (Å²) in [6.07, 6.45) is 0. The molecule has 0 radical (unpaired) electrons. The summed E-state index contributed by atoms with van der Waals surface area (Å²) >= 11 is 0. The number of anilines is 2. The van der Waals surface area contributed by atoms with Gasteiger partial charge in [-0.05, 0) is 43.7 Å². The van der Waals surface area contributed by atoms with E-state index >= 15 is 0 Å². The highest BCUT2D eigenvalue weighted by Gasteiger charge is 2.19. The fourth-order valence-electron chi connectivity index (χ4n) is 2.42. The number of nitro benzene ring substituents is 1. The molecule has 0 fully saturated rings. The van der Waals surface area contributed by atoms with E-state index in [9.17, 15) is 19.3 Å². The predicted octanol–water partition coefficient (Wildman–Crippen LogP) is 3.67. The summed E-state index contributed by atoms with van der Waals surface area (Å²) in [5, 5.41) is 13.6. The lowest BCUT2D eigenvalue weighted by molar-refractivity contribution is -0.385. The first-order valence-electron chi connectivity index (χ1n) is 7.24. The fourth-order valence-corrected chi connectivity index (χ4v) is 2.42. The topological polar surface area (TPSA) is 75.5 Å². The van der Waals surface area contributed by atoms with Gasteiger partial charge in [0.2, 0.25) is 0 Å². The second kappa shape index (κ2) is 6.66. The zero-order chi connectivity index (χ0) is 18.0. The number of halogens is 1. The summed E-state index contributed by atoms with van der Waals surface area (Å²) in [4.78, 5) is 24.5. The lowest BCUT2D eigenvalue weighted by Gasteiger charge is -2.16. The molecule has 2 aromatic carbocycles. The third-order valence-electron chi connectivity index (χ3n) is 3.71. The molecule has 6 nitrogen and oxygen atoms in total. The third-order valence-corrected chi connectivity index (χ3v) is 3.71. The predicted molar refractivity (Wildman–Crippen MR) is 91.3 cm³/mol. The molecule has 0 bridgehead atoms. The van der Waals surface area contributed by atoms with Gasteiger partial charge in [-0.1, -0.05) is 0 Å². The van der Waals surface area contributed by atoms with Gasteiger partial charge < -0.3 is 10.2 Å². The van der Waals surface area contributed by atoms with E-state index in [1.54, 1.807) is 12.1 Å². The largest absolute Gasteiger partial charge is 0.377 e. The third kappa shape index (κ3) is 3.51. The van der Waals surface area contributed by atoms with Crippen LogP contribution in [0, 0.1) is 29.8 Å². The number of aryl methyl sites for hydroxylation is 1. The van der Waals surface area contributed by atoms with Gasteiger partial charge in [-0.15, -0.1) is 0 Å². The Kier molecular flexibility index (Phi) is 4.82. The van der Waals surface area contributed by atoms with Crippen LogP contribution in [-0.2, 0) is 0 Å². The second-order valence-electron chi connectivity index (χ2n) is 5.71. The smallest absolute Gasteiger partial charge is 0.276 e. The minimum absolute atomic E-state index is 0.0947. The Morgan fingerprint density at radius 3 is 2.42 bits per heavy atom. The Morgan fingerprint density at radius 1 is 1.21 bits per heavy atom. The van der Waals surface area contributed by atoms with Crippen molar-refractivity contribution in [3.8, 4) is 0 Å². The minimum atomic E-state index is -0.784. The molecule has 0 unspecified atom stereocenters. The van der Waals surface area contributed by atoms with E-state index in [0.29, 0.717) is 5.69 Å². The van der Waals surface area contributed by atoms with Crippen molar-refractivity contribution >= 4 is 23.0 Å². The van der Waals surface area contributed by atoms with Crippen molar-refractivity contribution in [2.24, 2.45) is 0 Å². The maximum atomic E-state index is 13.8. The van der Waals surface area contributed by atoms with Gasteiger partial charge in [0, 0.05) is 37.1 Å². The number of nitrogens with one attached hydrogen (secondary N) is 1. The number of benzene rings is 2. The van der Waals surface area contributed by atoms with E-state index < -0.39 is 22.3 Å². The highest BCUT2D eigenvalue weighted by molar-refractivity contribution is 6.04. The molecule has 0 saturated heterocycles. The van der Waals surface area contributed by atoms with Crippen LogP contribution in [0.15, 0.2) is 30.3 Å². The molecule has 7 heteroatoms. The number of rotatable bonds is 4. The summed E-state index contributed by atoms with van der Waals surface area (Å²) in [6, 6.07) is 7.43. The van der Waals surface area contributed by atoms with Crippen LogP contribution in [0.4, 0.5) is 21.5 Å². The van der Waals surface area contributed by atoms with Crippen LogP contribution in [0.1, 0.15) is 21.5 Å². The molecule has 0 aliphatic carbocycles. The van der Waals surface area contributed by atoms with Crippen molar-refractivity contribution in [2.75, 3.05) is 24.3 Å². The number of nitrogens with zero attached hydrogens (tertiary/aromatic N) is 2. The fraction of sp³-hybridized carbons (Fsp3) is 0.235. The number of carbonyl (C=O) groups excluding carboxylic acids is 1. The van der Waals surface area contributed by atoms with Crippen LogP contribution in [0.2, 0.25) is 0 Å². The average Bonchev–Trinajstić information content (AvgIpc) is 2.49. The van der Waals surface area contributed by atoms with Crippen LogP contribution in [0.5, 0.6) is 0 Å². The van der Waals surface area contributed by atoms with E-state index in [4.69, 9.17) is 0 Å². The van der Waals surface area contributed by atoms with E-state index in [1.165, 1.54) is 6.92 Å². The van der Waals surface area contributed by atoms with Gasteiger partial charge in [0.1, 0.15) is 5.82 Å². The number of hydrogen-bond donors (Lipinski definition) is 1. The number of hydrogen-bond acceptors (Lipinski definition) is 4. The first kappa shape index (κ1) is 17.4. The van der Waals surface area contributed by atoms with E-state index in [-0.39, 0.29) is 11.1 Å². The molecule has 0 saturated carbocycles. The van der Waals surface area contributed by atoms with Crippen molar-refractivity contribution in [3.05, 3.63) is 63.0 Å². The molecule has 2 rings (SSSR count). The van der Waals surface area contributed by atoms with Crippen molar-refractivity contribution in [2.45, 2.75) is 13.8 Å². The number of amides is 1. The summed E-state index contributed by atoms with van der Waals surface area (Å²) < 4.78 is 13.8. The van der Waals surface area contributed by atoms with Gasteiger partial charge in [0.15, 0.2) is 0 Å². The highest BCUT2D eigenvalue weighted by atomic mass is 19.1. The SMILES string of the molecule is Cc1cc(NC(=O)c2cc(F)c(C)c([N+](=O)[O-])c2)ccc1N(C)C. The normalized spacial score (nSPS) is 10.4. The lowest BCUT2D eigenvalue weighted by Crippen LogP contribution is -2.14. The monoisotopic (exact) mass is 331 g/mol. The van der Waals surface area contributed by atoms with Gasteiger partial charge in [0.05, 0.1) is 10.5 Å². The molecular formula is C17H18FN3O3. The van der Waals surface area contributed by atoms with Crippen LogP contribution in [0.3, 0.4) is 0 Å². The van der Waals surface area contributed by atoms with Crippen molar-refractivity contribution in [3.63, 3.8) is 0 Å². The van der Waals surface area contributed by atoms with Gasteiger partial charge in [0.25, 0.3) is 11.6 Å². The van der Waals surface area contributed by atoms with Crippen LogP contribution >= 0.6 is 0 Å². The van der Waals surface area contributed by atoms with Crippen molar-refractivity contribution < 1.29 is 14.1 Å². The van der Waals surface area contributed by atoms with Crippen LogP contribution in [-0.4, -0.2) is 24.9 Å². The summed E-state index contributed by atoms with van der Waals surface area (Å²) in [5.41, 5.74) is 1.89. The molecule has 0 atom stereocenters. The summed E-state index contributed by atoms with van der Waals surface area (Å²) in [7, 11) is 3.82. The van der Waals surface area contributed by atoms with Gasteiger partial charge in [-0.3, -0.25) is 14.9 Å². The Bertz CT molecular complexity index is 819. The van der Waals surface area contributed by atoms with Crippen molar-refractivity contribution in [1.29, 1.82) is 0 Å². The molecule has 0 aliphatic rings. The lowest BCUT2D eigenvalue weighted by atomic mass is 10.1. The quantitative estimate of drug-likeness (QED) is 0.685. The Labute approximate surface area is 139 Å². The molecule has 0 spiro atoms. The molecule has 24 heavy (non-hydrogen) atoms. The Morgan fingerprint density at radius 2 is 1.88 bits per heavy atom. The molecule has 0 aliphatic heterocycles. The van der Waals surface area contributed by atoms with Crippen LogP contribution < -0.4 is 10.2 Å². The molecule has 1 N–H and O–H groups in total. The van der Waals surface area contributed by atoms with Gasteiger partial charge >= 0.3 is 0 Å². The van der Waals surface area contributed by atoms with Crippen molar-refractivity contribution in [1.82, 2.24) is 0 Å². The van der Waals surface area contributed by atoms with Crippen LogP contribution in [0.25, 0.3) is 0 Å². The maximum Gasteiger partial charge on any atom is 0.276 e. The first-order chi connectivity index (χ1) is 11.2. The van der Waals surface area contributed by atoms with E-state index in [2.05, 4.69) is 5.32 Å². The summed E-state index contributed by atoms with van der Waals surface area (Å²) in [6.45, 7) is 3.21. The highest BCUT2D eigenvalue weighted by Crippen LogP contribution is 2.25. The second-order valence-corrected chi connectivity index (χ2v) is 5.71. The Balaban J connectivity index is 2.30. The maximum absolute atomic E-state index is 13.8. The first-order valence-corrected chi connectivity index (χ1v) is 7.24. The molecule has 126 valence electrons. The molecular weight excluding hydrogens is 313 g/mol. The number of carbonyl (C=O) groups is 1. The molecule has 0 aromatic heterocycles. The molecule has 1 amide bonds. The minimum Gasteiger partial charge on any atom is -0.377 e. The zero-order valence-corrected chi connectivity index (χ0v) is 13.9. The molecule has 2 aromatic rings. The van der Waals surface area contributed by atoms with Gasteiger partial charge in [-0.25, -0.2) is 4.39 Å². The van der Waals surface area contributed by atoms with Gasteiger partial charge in [-0.2, -0.15) is 0 Å². The van der Waals surface area contributed by atoms with E-state index in [0.717, 1.165) is 23.4 Å².